The van der Waals surface area contributed by atoms with Gasteiger partial charge in [-0.15, -0.1) is 11.3 Å². The highest BCUT2D eigenvalue weighted by Gasteiger charge is 2.26. The lowest BCUT2D eigenvalue weighted by molar-refractivity contribution is 0.0526. The molecule has 0 spiro atoms. The molecule has 0 fully saturated rings. The van der Waals surface area contributed by atoms with Crippen molar-refractivity contribution in [3.05, 3.63) is 87.4 Å². The zero-order valence-corrected chi connectivity index (χ0v) is 19.9. The Bertz CT molecular complexity index is 1440. The number of nitrogens with zero attached hydrogens (tertiary/aromatic N) is 3. The number of benzene rings is 2. The molecule has 2 heterocycles. The zero-order valence-electron chi connectivity index (χ0n) is 19.1. The molecule has 170 valence electrons. The van der Waals surface area contributed by atoms with Crippen LogP contribution >= 0.6 is 11.3 Å². The van der Waals surface area contributed by atoms with Crippen molar-refractivity contribution in [1.82, 2.24) is 4.57 Å². The molecule has 0 unspecified atom stereocenters. The summed E-state index contributed by atoms with van der Waals surface area (Å²) in [6.07, 6.45) is 8.08. The number of esters is 1. The molecular formula is C28H25N3O2S. The van der Waals surface area contributed by atoms with Crippen LogP contribution in [0.4, 0.5) is 5.00 Å². The van der Waals surface area contributed by atoms with Crippen molar-refractivity contribution in [2.24, 2.45) is 4.99 Å². The summed E-state index contributed by atoms with van der Waals surface area (Å²) in [6, 6.07) is 18.2. The summed E-state index contributed by atoms with van der Waals surface area (Å²) in [5.74, 6) is -0.274. The Kier molecular flexibility index (Phi) is 6.29. The Hall–Kier alpha value is -3.69. The number of thiophene rings is 1. The minimum atomic E-state index is -0.274. The normalized spacial score (nSPS) is 13.2. The van der Waals surface area contributed by atoms with E-state index in [2.05, 4.69) is 29.0 Å². The first-order valence-electron chi connectivity index (χ1n) is 11.6. The zero-order chi connectivity index (χ0) is 23.5. The van der Waals surface area contributed by atoms with Crippen LogP contribution < -0.4 is 0 Å². The maximum atomic E-state index is 12.8. The highest BCUT2D eigenvalue weighted by Crippen LogP contribution is 2.40. The molecule has 4 aromatic rings. The first-order valence-corrected chi connectivity index (χ1v) is 12.4. The van der Waals surface area contributed by atoms with E-state index in [-0.39, 0.29) is 5.97 Å². The predicted molar refractivity (Wildman–Crippen MR) is 136 cm³/mol. The fraction of sp³-hybridized carbons (Fsp3) is 0.250. The number of carbonyl (C=O) groups excluding carboxylic acids is 1. The van der Waals surface area contributed by atoms with Gasteiger partial charge in [-0.05, 0) is 55.9 Å². The van der Waals surface area contributed by atoms with Gasteiger partial charge in [0.05, 0.1) is 23.8 Å². The second-order valence-electron chi connectivity index (χ2n) is 8.37. The SMILES string of the molecule is CCOC(=O)c1c(N=Cc2cn(Cc3ccccc3C#N)c3ccccc23)sc2c1CCCC2. The van der Waals surface area contributed by atoms with E-state index in [1.165, 1.54) is 4.88 Å². The summed E-state index contributed by atoms with van der Waals surface area (Å²) >= 11 is 1.61. The maximum absolute atomic E-state index is 12.8. The van der Waals surface area contributed by atoms with Crippen molar-refractivity contribution < 1.29 is 9.53 Å². The topological polar surface area (TPSA) is 67.4 Å². The van der Waals surface area contributed by atoms with E-state index in [1.54, 1.807) is 11.3 Å². The molecule has 0 radical (unpaired) electrons. The molecule has 6 heteroatoms. The number of rotatable bonds is 6. The largest absolute Gasteiger partial charge is 0.462 e. The van der Waals surface area contributed by atoms with Gasteiger partial charge < -0.3 is 9.30 Å². The molecule has 0 atom stereocenters. The van der Waals surface area contributed by atoms with Gasteiger partial charge in [-0.1, -0.05) is 36.4 Å². The molecule has 5 rings (SSSR count). The number of aliphatic imine (C=N–C) groups is 1. The van der Waals surface area contributed by atoms with Gasteiger partial charge in [0.1, 0.15) is 5.00 Å². The highest BCUT2D eigenvalue weighted by molar-refractivity contribution is 7.16. The van der Waals surface area contributed by atoms with E-state index in [9.17, 15) is 10.1 Å². The number of carbonyl (C=O) groups is 1. The monoisotopic (exact) mass is 467 g/mol. The van der Waals surface area contributed by atoms with Gasteiger partial charge in [-0.2, -0.15) is 5.26 Å². The predicted octanol–water partition coefficient (Wildman–Crippen LogP) is 6.43. The Morgan fingerprint density at radius 3 is 2.82 bits per heavy atom. The molecule has 0 saturated heterocycles. The van der Waals surface area contributed by atoms with E-state index in [1.807, 2.05) is 49.5 Å². The lowest BCUT2D eigenvalue weighted by Crippen LogP contribution is -2.09. The molecule has 0 saturated carbocycles. The second kappa shape index (κ2) is 9.66. The molecule has 1 aliphatic rings. The van der Waals surface area contributed by atoms with Gasteiger partial charge in [0.15, 0.2) is 0 Å². The lowest BCUT2D eigenvalue weighted by atomic mass is 9.95. The van der Waals surface area contributed by atoms with Crippen molar-refractivity contribution in [1.29, 1.82) is 5.26 Å². The minimum Gasteiger partial charge on any atom is -0.462 e. The van der Waals surface area contributed by atoms with E-state index >= 15 is 0 Å². The van der Waals surface area contributed by atoms with Crippen molar-refractivity contribution in [3.8, 4) is 6.07 Å². The highest BCUT2D eigenvalue weighted by atomic mass is 32.1. The third kappa shape index (κ3) is 4.15. The summed E-state index contributed by atoms with van der Waals surface area (Å²) in [7, 11) is 0. The maximum Gasteiger partial charge on any atom is 0.341 e. The van der Waals surface area contributed by atoms with Crippen molar-refractivity contribution in [2.75, 3.05) is 6.61 Å². The van der Waals surface area contributed by atoms with E-state index in [0.29, 0.717) is 24.3 Å². The third-order valence-corrected chi connectivity index (χ3v) is 7.45. The number of aromatic nitrogens is 1. The van der Waals surface area contributed by atoms with Crippen molar-refractivity contribution >= 4 is 39.4 Å². The summed E-state index contributed by atoms with van der Waals surface area (Å²) in [4.78, 5) is 18.8. The molecule has 2 aromatic carbocycles. The van der Waals surface area contributed by atoms with Crippen LogP contribution in [0.2, 0.25) is 0 Å². The van der Waals surface area contributed by atoms with Crippen LogP contribution in [0.15, 0.2) is 59.7 Å². The van der Waals surface area contributed by atoms with Crippen LogP contribution in [-0.2, 0) is 24.1 Å². The Morgan fingerprint density at radius 2 is 1.97 bits per heavy atom. The van der Waals surface area contributed by atoms with E-state index in [4.69, 9.17) is 9.73 Å². The third-order valence-electron chi connectivity index (χ3n) is 6.25. The van der Waals surface area contributed by atoms with Crippen LogP contribution in [0.1, 0.15) is 57.3 Å². The molecular weight excluding hydrogens is 442 g/mol. The first kappa shape index (κ1) is 22.1. The quantitative estimate of drug-likeness (QED) is 0.242. The number of aryl methyl sites for hydroxylation is 1. The molecule has 1 aliphatic carbocycles. The van der Waals surface area contributed by atoms with Crippen LogP contribution in [0.3, 0.4) is 0 Å². The number of hydrogen-bond acceptors (Lipinski definition) is 5. The number of hydrogen-bond donors (Lipinski definition) is 0. The smallest absolute Gasteiger partial charge is 0.341 e. The molecule has 0 N–H and O–H groups in total. The molecule has 34 heavy (non-hydrogen) atoms. The standard InChI is InChI=1S/C28H25N3O2S/c1-2-33-28(32)26-23-12-6-8-14-25(23)34-27(26)30-16-21-18-31(24-13-7-5-11-22(21)24)17-20-10-4-3-9-19(20)15-29/h3-5,7,9-11,13,16,18H,2,6,8,12,14,17H2,1H3. The molecule has 5 nitrogen and oxygen atoms in total. The van der Waals surface area contributed by atoms with Gasteiger partial charge in [0.2, 0.25) is 0 Å². The van der Waals surface area contributed by atoms with Crippen molar-refractivity contribution in [2.45, 2.75) is 39.2 Å². The summed E-state index contributed by atoms with van der Waals surface area (Å²) in [5.41, 5.74) is 5.48. The van der Waals surface area contributed by atoms with Gasteiger partial charge in [-0.25, -0.2) is 9.79 Å². The average Bonchev–Trinajstić information content (AvgIpc) is 3.41. The fourth-order valence-electron chi connectivity index (χ4n) is 4.64. The average molecular weight is 468 g/mol. The number of para-hydroxylation sites is 1. The van der Waals surface area contributed by atoms with Crippen LogP contribution in [-0.4, -0.2) is 23.4 Å². The van der Waals surface area contributed by atoms with Gasteiger partial charge in [0, 0.05) is 40.3 Å². The number of fused-ring (bicyclic) bond motifs is 2. The first-order chi connectivity index (χ1) is 16.7. The minimum absolute atomic E-state index is 0.274. The summed E-state index contributed by atoms with van der Waals surface area (Å²) < 4.78 is 7.52. The van der Waals surface area contributed by atoms with E-state index in [0.717, 1.165) is 58.3 Å². The lowest BCUT2D eigenvalue weighted by Gasteiger charge is -2.11. The molecule has 0 aliphatic heterocycles. The van der Waals surface area contributed by atoms with Crippen LogP contribution in [0, 0.1) is 11.3 Å². The molecule has 0 bridgehead atoms. The summed E-state index contributed by atoms with van der Waals surface area (Å²) in [5, 5.41) is 11.3. The van der Waals surface area contributed by atoms with Gasteiger partial charge >= 0.3 is 5.97 Å². The molecule has 0 amide bonds. The molecule has 2 aromatic heterocycles. The van der Waals surface area contributed by atoms with Crippen LogP contribution in [0.5, 0.6) is 0 Å². The van der Waals surface area contributed by atoms with Crippen molar-refractivity contribution in [3.63, 3.8) is 0 Å². The fourth-order valence-corrected chi connectivity index (χ4v) is 5.87. The van der Waals surface area contributed by atoms with Gasteiger partial charge in [-0.3, -0.25) is 0 Å². The Morgan fingerprint density at radius 1 is 1.18 bits per heavy atom. The Balaban J connectivity index is 1.54. The Labute approximate surface area is 202 Å². The second-order valence-corrected chi connectivity index (χ2v) is 9.45. The van der Waals surface area contributed by atoms with Gasteiger partial charge in [0.25, 0.3) is 0 Å². The van der Waals surface area contributed by atoms with Crippen LogP contribution in [0.25, 0.3) is 10.9 Å². The van der Waals surface area contributed by atoms with E-state index < -0.39 is 0 Å². The number of ether oxygens (including phenoxy) is 1. The summed E-state index contributed by atoms with van der Waals surface area (Å²) in [6.45, 7) is 2.78. The number of nitriles is 1.